The van der Waals surface area contributed by atoms with Gasteiger partial charge < -0.3 is 0 Å². The molecule has 0 atom stereocenters. The number of hydrogen-bond donors (Lipinski definition) is 0. The van der Waals surface area contributed by atoms with Crippen molar-refractivity contribution in [2.45, 2.75) is 4.84 Å². The molecule has 56 valence electrons. The number of halogens is 3. The van der Waals surface area contributed by atoms with Crippen molar-refractivity contribution in [3.8, 4) is 0 Å². The quantitative estimate of drug-likeness (QED) is 0.583. The summed E-state index contributed by atoms with van der Waals surface area (Å²) in [6, 6.07) is 9.54. The lowest BCUT2D eigenvalue weighted by atomic mass is 10.2. The Morgan fingerprint density at radius 2 is 1.50 bits per heavy atom. The predicted molar refractivity (Wildman–Crippen MR) is 43.4 cm³/mol. The smallest absolute Gasteiger partial charge is 0.132 e. The summed E-state index contributed by atoms with van der Waals surface area (Å²) >= 11 is 11.1. The molecule has 0 amide bonds. The summed E-state index contributed by atoms with van der Waals surface area (Å²) in [7, 11) is 0. The van der Waals surface area contributed by atoms with Crippen LogP contribution in [-0.4, -0.2) is 0 Å². The fourth-order valence-electron chi connectivity index (χ4n) is 0.599. The maximum absolute atomic E-state index is 5.57. The first kappa shape index (κ1) is 9.73. The number of benzene rings is 1. The lowest BCUT2D eigenvalue weighted by molar-refractivity contribution is 1.11. The van der Waals surface area contributed by atoms with Gasteiger partial charge in [-0.05, 0) is 5.56 Å². The summed E-state index contributed by atoms with van der Waals surface area (Å²) in [6.45, 7) is 0. The molecule has 1 rings (SSSR count). The van der Waals surface area contributed by atoms with Gasteiger partial charge in [-0.25, -0.2) is 0 Å². The van der Waals surface area contributed by atoms with E-state index >= 15 is 0 Å². The van der Waals surface area contributed by atoms with Crippen molar-refractivity contribution >= 4 is 23.2 Å². The summed E-state index contributed by atoms with van der Waals surface area (Å²) in [5, 5.41) is 0. The summed E-state index contributed by atoms with van der Waals surface area (Å²) in [6.07, 6.45) is 0. The lowest BCUT2D eigenvalue weighted by Crippen LogP contribution is -1.76. The first-order valence-electron chi connectivity index (χ1n) is 2.64. The van der Waals surface area contributed by atoms with Crippen LogP contribution in [0, 0.1) is 0 Å². The largest absolute Gasteiger partial charge is 0.269 e. The Bertz CT molecular complexity index is 174. The molecule has 1 aromatic rings. The highest BCUT2D eigenvalue weighted by molar-refractivity contribution is 6.44. The van der Waals surface area contributed by atoms with E-state index in [9.17, 15) is 0 Å². The number of rotatable bonds is 1. The maximum Gasteiger partial charge on any atom is 0.132 e. The first-order valence-corrected chi connectivity index (χ1v) is 3.51. The van der Waals surface area contributed by atoms with Crippen LogP contribution in [0.15, 0.2) is 30.3 Å². The zero-order chi connectivity index (χ0) is 6.69. The second-order valence-corrected chi connectivity index (χ2v) is 2.81. The monoisotopic (exact) mass is 180 g/mol. The van der Waals surface area contributed by atoms with Crippen LogP contribution in [0.25, 0.3) is 0 Å². The number of hydrogen-bond acceptors (Lipinski definition) is 0. The lowest BCUT2D eigenvalue weighted by Gasteiger charge is -1.97. The molecule has 0 N–H and O–H groups in total. The summed E-state index contributed by atoms with van der Waals surface area (Å²) in [4.78, 5) is -0.397. The highest BCUT2D eigenvalue weighted by Gasteiger charge is 1.98. The topological polar surface area (TPSA) is 0 Å². The van der Waals surface area contributed by atoms with Crippen LogP contribution < -0.4 is 0 Å². The fraction of sp³-hybridized carbons (Fsp3) is 0.143. The van der Waals surface area contributed by atoms with E-state index < -0.39 is 4.84 Å². The summed E-state index contributed by atoms with van der Waals surface area (Å²) in [5.41, 5.74) is 0.945. The van der Waals surface area contributed by atoms with Crippen molar-refractivity contribution < 1.29 is 4.70 Å². The molecule has 0 unspecified atom stereocenters. The molecule has 0 heterocycles. The molecular formula is C7H7Cl2F. The van der Waals surface area contributed by atoms with Crippen LogP contribution in [0.4, 0.5) is 4.70 Å². The SMILES string of the molecule is ClC(Cl)c1ccccc1.F. The van der Waals surface area contributed by atoms with E-state index in [1.54, 1.807) is 0 Å². The van der Waals surface area contributed by atoms with E-state index in [0.717, 1.165) is 5.56 Å². The van der Waals surface area contributed by atoms with Gasteiger partial charge in [0.15, 0.2) is 0 Å². The van der Waals surface area contributed by atoms with E-state index in [1.807, 2.05) is 30.3 Å². The molecule has 10 heavy (non-hydrogen) atoms. The molecule has 0 spiro atoms. The molecule has 0 radical (unpaired) electrons. The van der Waals surface area contributed by atoms with Crippen molar-refractivity contribution in [3.63, 3.8) is 0 Å². The molecule has 0 nitrogen and oxygen atoms in total. The van der Waals surface area contributed by atoms with Gasteiger partial charge in [0.1, 0.15) is 4.84 Å². The Hall–Kier alpha value is -0.270. The van der Waals surface area contributed by atoms with Gasteiger partial charge >= 0.3 is 0 Å². The van der Waals surface area contributed by atoms with Crippen LogP contribution >= 0.6 is 23.2 Å². The maximum atomic E-state index is 5.57. The van der Waals surface area contributed by atoms with E-state index in [2.05, 4.69) is 0 Å². The van der Waals surface area contributed by atoms with Gasteiger partial charge in [-0.3, -0.25) is 4.70 Å². The summed E-state index contributed by atoms with van der Waals surface area (Å²) < 4.78 is 0. The van der Waals surface area contributed by atoms with Crippen LogP contribution in [0.5, 0.6) is 0 Å². The molecule has 0 saturated carbocycles. The second-order valence-electron chi connectivity index (χ2n) is 1.71. The van der Waals surface area contributed by atoms with Gasteiger partial charge in [0.05, 0.1) is 0 Å². The standard InChI is InChI=1S/C7H6Cl2.FH/c8-7(9)6-4-2-1-3-5-6;/h1-5,7H;1H. The van der Waals surface area contributed by atoms with Crippen molar-refractivity contribution in [1.82, 2.24) is 0 Å². The molecule has 0 saturated heterocycles. The summed E-state index contributed by atoms with van der Waals surface area (Å²) in [5.74, 6) is 0. The minimum Gasteiger partial charge on any atom is -0.269 e. The third kappa shape index (κ3) is 2.54. The van der Waals surface area contributed by atoms with Gasteiger partial charge in [-0.1, -0.05) is 30.3 Å². The van der Waals surface area contributed by atoms with Crippen LogP contribution in [0.1, 0.15) is 10.4 Å². The van der Waals surface area contributed by atoms with Crippen LogP contribution in [0.2, 0.25) is 0 Å². The zero-order valence-corrected chi connectivity index (χ0v) is 6.64. The van der Waals surface area contributed by atoms with Crippen molar-refractivity contribution in [1.29, 1.82) is 0 Å². The molecule has 0 bridgehead atoms. The first-order chi connectivity index (χ1) is 4.30. The Morgan fingerprint density at radius 3 is 1.80 bits per heavy atom. The average molecular weight is 181 g/mol. The van der Waals surface area contributed by atoms with Crippen LogP contribution in [-0.2, 0) is 0 Å². The molecule has 0 aromatic heterocycles. The highest BCUT2D eigenvalue weighted by atomic mass is 35.5. The van der Waals surface area contributed by atoms with Gasteiger partial charge in [0.25, 0.3) is 0 Å². The molecular weight excluding hydrogens is 174 g/mol. The highest BCUT2D eigenvalue weighted by Crippen LogP contribution is 2.23. The van der Waals surface area contributed by atoms with E-state index in [0.29, 0.717) is 0 Å². The van der Waals surface area contributed by atoms with Crippen LogP contribution in [0.3, 0.4) is 0 Å². The molecule has 0 aliphatic heterocycles. The van der Waals surface area contributed by atoms with Gasteiger partial charge in [0, 0.05) is 0 Å². The molecule has 0 aliphatic rings. The minimum atomic E-state index is -0.397. The Kier molecular flexibility index (Phi) is 4.41. The number of alkyl halides is 2. The average Bonchev–Trinajstić information content (AvgIpc) is 1.90. The zero-order valence-electron chi connectivity index (χ0n) is 5.13. The van der Waals surface area contributed by atoms with Crippen molar-refractivity contribution in [2.24, 2.45) is 0 Å². The van der Waals surface area contributed by atoms with Crippen molar-refractivity contribution in [2.75, 3.05) is 0 Å². The normalized spacial score (nSPS) is 9.10. The molecule has 0 aliphatic carbocycles. The Morgan fingerprint density at radius 1 is 1.00 bits per heavy atom. The predicted octanol–water partition coefficient (Wildman–Crippen LogP) is 3.32. The van der Waals surface area contributed by atoms with Gasteiger partial charge in [0.2, 0.25) is 0 Å². The molecule has 3 heteroatoms. The van der Waals surface area contributed by atoms with E-state index in [4.69, 9.17) is 23.2 Å². The van der Waals surface area contributed by atoms with Gasteiger partial charge in [-0.15, -0.1) is 23.2 Å². The van der Waals surface area contributed by atoms with E-state index in [-0.39, 0.29) is 4.70 Å². The van der Waals surface area contributed by atoms with E-state index in [1.165, 1.54) is 0 Å². The third-order valence-electron chi connectivity index (χ3n) is 1.05. The van der Waals surface area contributed by atoms with Crippen molar-refractivity contribution in [3.05, 3.63) is 35.9 Å². The minimum absolute atomic E-state index is 0. The second kappa shape index (κ2) is 4.53. The fourth-order valence-corrected chi connectivity index (χ4v) is 0.889. The molecule has 0 fully saturated rings. The Labute approximate surface area is 69.1 Å². The third-order valence-corrected chi connectivity index (χ3v) is 1.56. The van der Waals surface area contributed by atoms with Gasteiger partial charge in [-0.2, -0.15) is 0 Å². The Balaban J connectivity index is 0.000000810. The molecule has 1 aromatic carbocycles.